The van der Waals surface area contributed by atoms with Crippen molar-refractivity contribution in [1.29, 1.82) is 0 Å². The number of carbonyl (C=O) groups is 1. The third-order valence-electron chi connectivity index (χ3n) is 2.43. The van der Waals surface area contributed by atoms with E-state index in [1.807, 2.05) is 4.72 Å². The zero-order valence-corrected chi connectivity index (χ0v) is 11.3. The fraction of sp³-hybridized carbons (Fsp3) is 0.364. The van der Waals surface area contributed by atoms with Crippen molar-refractivity contribution in [1.82, 2.24) is 4.72 Å². The smallest absolute Gasteiger partial charge is 0.246 e. The van der Waals surface area contributed by atoms with E-state index in [1.165, 1.54) is 0 Å². The van der Waals surface area contributed by atoms with Crippen LogP contribution in [0.5, 0.6) is 0 Å². The zero-order valence-electron chi connectivity index (χ0n) is 10.5. The number of amides is 1. The molecule has 1 aromatic carbocycles. The van der Waals surface area contributed by atoms with E-state index in [4.69, 9.17) is 11.5 Å². The Hall–Kier alpha value is -1.74. The van der Waals surface area contributed by atoms with Gasteiger partial charge in [-0.25, -0.2) is 21.9 Å². The van der Waals surface area contributed by atoms with Crippen LogP contribution in [0, 0.1) is 11.6 Å². The van der Waals surface area contributed by atoms with Gasteiger partial charge in [0.2, 0.25) is 15.9 Å². The number of sulfonamides is 1. The molecule has 0 radical (unpaired) electrons. The maximum absolute atomic E-state index is 13.5. The number of rotatable bonds is 7. The second-order valence-electron chi connectivity index (χ2n) is 4.13. The summed E-state index contributed by atoms with van der Waals surface area (Å²) >= 11 is 0. The average Bonchev–Trinajstić information content (AvgIpc) is 2.25. The molecule has 0 unspecified atom stereocenters. The first-order valence-corrected chi connectivity index (χ1v) is 7.25. The third-order valence-corrected chi connectivity index (χ3v) is 3.94. The minimum atomic E-state index is -4.31. The largest absolute Gasteiger partial charge is 0.399 e. The molecule has 0 aliphatic carbocycles. The summed E-state index contributed by atoms with van der Waals surface area (Å²) in [6.45, 7) is -0.0567. The number of benzene rings is 1. The standard InChI is InChI=1S/C11H15F2N3O3S/c12-8-5-7(14)6-9(13)11(8)20(18,19)16-4-2-1-3-10(15)17/h5-6,16H,1-4,14H2,(H2,15,17). The lowest BCUT2D eigenvalue weighted by Gasteiger charge is -2.09. The lowest BCUT2D eigenvalue weighted by molar-refractivity contribution is -0.118. The normalized spacial score (nSPS) is 11.5. The van der Waals surface area contributed by atoms with Crippen molar-refractivity contribution in [3.05, 3.63) is 23.8 Å². The Balaban J connectivity index is 2.73. The van der Waals surface area contributed by atoms with Gasteiger partial charge in [0.25, 0.3) is 0 Å². The molecule has 6 nitrogen and oxygen atoms in total. The molecule has 0 aliphatic heterocycles. The van der Waals surface area contributed by atoms with E-state index in [-0.39, 0.29) is 18.7 Å². The van der Waals surface area contributed by atoms with E-state index < -0.39 is 32.5 Å². The highest BCUT2D eigenvalue weighted by Gasteiger charge is 2.24. The van der Waals surface area contributed by atoms with Crippen LogP contribution in [-0.2, 0) is 14.8 Å². The number of anilines is 1. The SMILES string of the molecule is NC(=O)CCCCNS(=O)(=O)c1c(F)cc(N)cc1F. The minimum absolute atomic E-state index is 0.0567. The Labute approximate surface area is 115 Å². The Kier molecular flexibility index (Phi) is 5.40. The lowest BCUT2D eigenvalue weighted by atomic mass is 10.2. The van der Waals surface area contributed by atoms with Crippen LogP contribution in [0.4, 0.5) is 14.5 Å². The topological polar surface area (TPSA) is 115 Å². The molecule has 20 heavy (non-hydrogen) atoms. The maximum atomic E-state index is 13.5. The summed E-state index contributed by atoms with van der Waals surface area (Å²) in [5.74, 6) is -3.01. The molecular formula is C11H15F2N3O3S. The number of primary amides is 1. The van der Waals surface area contributed by atoms with Crippen molar-refractivity contribution in [3.63, 3.8) is 0 Å². The molecule has 0 spiro atoms. The molecule has 112 valence electrons. The van der Waals surface area contributed by atoms with E-state index in [1.54, 1.807) is 0 Å². The Bertz CT molecular complexity index is 582. The van der Waals surface area contributed by atoms with Crippen LogP contribution in [-0.4, -0.2) is 20.9 Å². The summed E-state index contributed by atoms with van der Waals surface area (Å²) in [6.07, 6.45) is 0.817. The number of carbonyl (C=O) groups excluding carboxylic acids is 1. The maximum Gasteiger partial charge on any atom is 0.246 e. The molecule has 0 fully saturated rings. The van der Waals surface area contributed by atoms with E-state index in [2.05, 4.69) is 0 Å². The predicted octanol–water partition coefficient (Wildman–Crippen LogP) is 0.481. The fourth-order valence-electron chi connectivity index (χ4n) is 1.54. The van der Waals surface area contributed by atoms with Crippen LogP contribution in [0.1, 0.15) is 19.3 Å². The number of nitrogens with two attached hydrogens (primary N) is 2. The van der Waals surface area contributed by atoms with E-state index in [9.17, 15) is 22.0 Å². The summed E-state index contributed by atoms with van der Waals surface area (Å²) < 4.78 is 52.5. The van der Waals surface area contributed by atoms with Crippen molar-refractivity contribution in [3.8, 4) is 0 Å². The van der Waals surface area contributed by atoms with Gasteiger partial charge in [0.15, 0.2) is 4.90 Å². The fourth-order valence-corrected chi connectivity index (χ4v) is 2.73. The molecule has 1 amide bonds. The highest BCUT2D eigenvalue weighted by molar-refractivity contribution is 7.89. The first-order chi connectivity index (χ1) is 9.24. The van der Waals surface area contributed by atoms with E-state index in [0.29, 0.717) is 12.8 Å². The second kappa shape index (κ2) is 6.62. The summed E-state index contributed by atoms with van der Waals surface area (Å²) in [5, 5.41) is 0. The van der Waals surface area contributed by atoms with Crippen LogP contribution in [0.2, 0.25) is 0 Å². The van der Waals surface area contributed by atoms with Crippen molar-refractivity contribution in [2.75, 3.05) is 12.3 Å². The zero-order chi connectivity index (χ0) is 15.3. The van der Waals surface area contributed by atoms with Crippen LogP contribution >= 0.6 is 0 Å². The summed E-state index contributed by atoms with van der Waals surface area (Å²) in [5.41, 5.74) is 9.91. The molecule has 0 aromatic heterocycles. The number of unbranched alkanes of at least 4 members (excludes halogenated alkanes) is 1. The second-order valence-corrected chi connectivity index (χ2v) is 5.84. The van der Waals surface area contributed by atoms with Gasteiger partial charge in [-0.2, -0.15) is 0 Å². The Morgan fingerprint density at radius 2 is 1.75 bits per heavy atom. The minimum Gasteiger partial charge on any atom is -0.399 e. The van der Waals surface area contributed by atoms with Gasteiger partial charge in [-0.3, -0.25) is 4.79 Å². The molecule has 1 aromatic rings. The number of nitrogens with one attached hydrogen (secondary N) is 1. The average molecular weight is 307 g/mol. The third kappa shape index (κ3) is 4.42. The molecule has 0 aliphatic rings. The van der Waals surface area contributed by atoms with Gasteiger partial charge in [-0.15, -0.1) is 0 Å². The van der Waals surface area contributed by atoms with Crippen molar-refractivity contribution in [2.45, 2.75) is 24.2 Å². The van der Waals surface area contributed by atoms with Gasteiger partial charge in [0.05, 0.1) is 0 Å². The van der Waals surface area contributed by atoms with Crippen LogP contribution < -0.4 is 16.2 Å². The van der Waals surface area contributed by atoms with Crippen molar-refractivity contribution >= 4 is 21.6 Å². The predicted molar refractivity (Wildman–Crippen MR) is 69.0 cm³/mol. The molecule has 0 atom stereocenters. The quantitative estimate of drug-likeness (QED) is 0.502. The van der Waals surface area contributed by atoms with Crippen LogP contribution in [0.3, 0.4) is 0 Å². The summed E-state index contributed by atoms with van der Waals surface area (Å²) in [6, 6.07) is 1.45. The van der Waals surface area contributed by atoms with Gasteiger partial charge in [-0.05, 0) is 25.0 Å². The molecule has 9 heteroatoms. The highest BCUT2D eigenvalue weighted by Crippen LogP contribution is 2.21. The van der Waals surface area contributed by atoms with Crippen molar-refractivity contribution in [2.24, 2.45) is 5.73 Å². The van der Waals surface area contributed by atoms with Crippen molar-refractivity contribution < 1.29 is 22.0 Å². The van der Waals surface area contributed by atoms with E-state index in [0.717, 1.165) is 12.1 Å². The number of nitrogen functional groups attached to an aromatic ring is 1. The van der Waals surface area contributed by atoms with Crippen LogP contribution in [0.15, 0.2) is 17.0 Å². The van der Waals surface area contributed by atoms with Gasteiger partial charge in [0.1, 0.15) is 11.6 Å². The van der Waals surface area contributed by atoms with Gasteiger partial charge >= 0.3 is 0 Å². The summed E-state index contributed by atoms with van der Waals surface area (Å²) in [7, 11) is -4.31. The highest BCUT2D eigenvalue weighted by atomic mass is 32.2. The number of halogens is 2. The first kappa shape index (κ1) is 16.3. The van der Waals surface area contributed by atoms with Gasteiger partial charge in [-0.1, -0.05) is 0 Å². The number of hydrogen-bond acceptors (Lipinski definition) is 4. The first-order valence-electron chi connectivity index (χ1n) is 5.76. The van der Waals surface area contributed by atoms with Gasteiger partial charge < -0.3 is 11.5 Å². The van der Waals surface area contributed by atoms with Gasteiger partial charge in [0, 0.05) is 18.7 Å². The Morgan fingerprint density at radius 3 is 2.25 bits per heavy atom. The lowest BCUT2D eigenvalue weighted by Crippen LogP contribution is -2.27. The van der Waals surface area contributed by atoms with E-state index >= 15 is 0 Å². The molecule has 0 saturated carbocycles. The number of hydrogen-bond donors (Lipinski definition) is 3. The monoisotopic (exact) mass is 307 g/mol. The molecule has 5 N–H and O–H groups in total. The Morgan fingerprint density at radius 1 is 1.20 bits per heavy atom. The summed E-state index contributed by atoms with van der Waals surface area (Å²) in [4.78, 5) is 9.41. The molecular weight excluding hydrogens is 292 g/mol. The molecule has 0 saturated heterocycles. The molecule has 1 rings (SSSR count). The van der Waals surface area contributed by atoms with Crippen LogP contribution in [0.25, 0.3) is 0 Å². The molecule has 0 bridgehead atoms. The molecule has 0 heterocycles.